The van der Waals surface area contributed by atoms with E-state index >= 15 is 0 Å². The van der Waals surface area contributed by atoms with E-state index in [1.165, 1.54) is 16.9 Å². The van der Waals surface area contributed by atoms with Gasteiger partial charge < -0.3 is 9.64 Å². The van der Waals surface area contributed by atoms with E-state index in [0.29, 0.717) is 30.3 Å². The molecule has 1 aromatic heterocycles. The Bertz CT molecular complexity index is 1060. The number of rotatable bonds is 7. The molecule has 1 N–H and O–H groups in total. The fourth-order valence-corrected chi connectivity index (χ4v) is 4.35. The molecule has 1 saturated heterocycles. The van der Waals surface area contributed by atoms with E-state index in [0.717, 1.165) is 22.9 Å². The first-order valence-electron chi connectivity index (χ1n) is 10.3. The first-order chi connectivity index (χ1) is 15.1. The lowest BCUT2D eigenvalue weighted by Gasteiger charge is -2.16. The Kier molecular flexibility index (Phi) is 6.27. The molecule has 0 radical (unpaired) electrons. The van der Waals surface area contributed by atoms with E-state index in [4.69, 9.17) is 4.74 Å². The van der Waals surface area contributed by atoms with Crippen molar-refractivity contribution in [3.8, 4) is 5.75 Å². The van der Waals surface area contributed by atoms with Crippen LogP contribution in [0.2, 0.25) is 0 Å². The zero-order chi connectivity index (χ0) is 21.8. The summed E-state index contributed by atoms with van der Waals surface area (Å²) in [5, 5.41) is 12.3. The number of carbonyl (C=O) groups is 2. The maximum Gasteiger partial charge on any atom is 0.257 e. The Balaban J connectivity index is 1.40. The highest BCUT2D eigenvalue weighted by atomic mass is 32.1. The molecule has 1 aliphatic rings. The molecular weight excluding hydrogens is 412 g/mol. The standard InChI is InChI=1S/C23H24N4O3S/c1-3-15-5-9-18(10-6-15)27-14-17(13-20(27)28)22-25-26-23(31-22)24-21(29)16-7-11-19(12-8-16)30-4-2/h5-12,17H,3-4,13-14H2,1-2H3,(H,24,26,29). The molecule has 0 bridgehead atoms. The van der Waals surface area contributed by atoms with Crippen molar-refractivity contribution in [1.29, 1.82) is 0 Å². The van der Waals surface area contributed by atoms with Crippen molar-refractivity contribution in [2.24, 2.45) is 0 Å². The Morgan fingerprint density at radius 1 is 1.13 bits per heavy atom. The molecule has 0 saturated carbocycles. The number of aryl methyl sites for hydroxylation is 1. The summed E-state index contributed by atoms with van der Waals surface area (Å²) in [4.78, 5) is 26.8. The summed E-state index contributed by atoms with van der Waals surface area (Å²) in [5.74, 6) is 0.499. The average Bonchev–Trinajstić information content (AvgIpc) is 3.41. The summed E-state index contributed by atoms with van der Waals surface area (Å²) in [5.41, 5.74) is 2.65. The van der Waals surface area contributed by atoms with Crippen LogP contribution in [0, 0.1) is 0 Å². The van der Waals surface area contributed by atoms with Gasteiger partial charge in [-0.15, -0.1) is 10.2 Å². The van der Waals surface area contributed by atoms with Crippen LogP contribution < -0.4 is 15.0 Å². The lowest BCUT2D eigenvalue weighted by Crippen LogP contribution is -2.24. The number of nitrogens with one attached hydrogen (secondary N) is 1. The van der Waals surface area contributed by atoms with E-state index in [1.807, 2.05) is 19.1 Å². The Morgan fingerprint density at radius 2 is 1.87 bits per heavy atom. The second-order valence-corrected chi connectivity index (χ2v) is 8.29. The molecule has 2 amide bonds. The number of nitrogens with zero attached hydrogens (tertiary/aromatic N) is 3. The smallest absolute Gasteiger partial charge is 0.257 e. The summed E-state index contributed by atoms with van der Waals surface area (Å²) in [7, 11) is 0. The van der Waals surface area contributed by atoms with Crippen LogP contribution in [-0.2, 0) is 11.2 Å². The quantitative estimate of drug-likeness (QED) is 0.598. The van der Waals surface area contributed by atoms with Crippen molar-refractivity contribution in [1.82, 2.24) is 10.2 Å². The highest BCUT2D eigenvalue weighted by Crippen LogP contribution is 2.34. The van der Waals surface area contributed by atoms with E-state index in [1.54, 1.807) is 29.2 Å². The van der Waals surface area contributed by atoms with E-state index in [9.17, 15) is 9.59 Å². The molecule has 7 nitrogen and oxygen atoms in total. The second-order valence-electron chi connectivity index (χ2n) is 7.28. The summed E-state index contributed by atoms with van der Waals surface area (Å²) in [6.45, 7) is 5.15. The average molecular weight is 437 g/mol. The third-order valence-corrected chi connectivity index (χ3v) is 6.22. The minimum absolute atomic E-state index is 0.0352. The molecule has 160 valence electrons. The van der Waals surface area contributed by atoms with Gasteiger partial charge in [-0.2, -0.15) is 0 Å². The van der Waals surface area contributed by atoms with Gasteiger partial charge in [0.15, 0.2) is 0 Å². The predicted molar refractivity (Wildman–Crippen MR) is 121 cm³/mol. The molecule has 3 aromatic rings. The van der Waals surface area contributed by atoms with Gasteiger partial charge in [0.2, 0.25) is 11.0 Å². The summed E-state index contributed by atoms with van der Waals surface area (Å²) in [6.07, 6.45) is 1.35. The third-order valence-electron chi connectivity index (χ3n) is 5.22. The van der Waals surface area contributed by atoms with Crippen LogP contribution >= 0.6 is 11.3 Å². The Morgan fingerprint density at radius 3 is 2.55 bits per heavy atom. The number of ether oxygens (including phenoxy) is 1. The molecule has 1 unspecified atom stereocenters. The second kappa shape index (κ2) is 9.26. The number of hydrogen-bond acceptors (Lipinski definition) is 6. The van der Waals surface area contributed by atoms with Crippen LogP contribution in [0.15, 0.2) is 48.5 Å². The topological polar surface area (TPSA) is 84.4 Å². The number of amides is 2. The van der Waals surface area contributed by atoms with E-state index in [2.05, 4.69) is 34.6 Å². The fourth-order valence-electron chi connectivity index (χ4n) is 3.52. The first kappa shape index (κ1) is 21.0. The minimum atomic E-state index is -0.258. The van der Waals surface area contributed by atoms with Crippen LogP contribution in [0.5, 0.6) is 5.75 Å². The zero-order valence-electron chi connectivity index (χ0n) is 17.5. The molecule has 4 rings (SSSR count). The van der Waals surface area contributed by atoms with Gasteiger partial charge in [-0.25, -0.2) is 0 Å². The number of anilines is 2. The molecule has 2 aromatic carbocycles. The number of benzene rings is 2. The van der Waals surface area contributed by atoms with Gasteiger partial charge in [0.25, 0.3) is 5.91 Å². The maximum atomic E-state index is 12.6. The summed E-state index contributed by atoms with van der Waals surface area (Å²) >= 11 is 1.31. The summed E-state index contributed by atoms with van der Waals surface area (Å²) < 4.78 is 5.40. The molecule has 1 aliphatic heterocycles. The number of aromatic nitrogens is 2. The van der Waals surface area contributed by atoms with Crippen LogP contribution in [-0.4, -0.2) is 35.2 Å². The monoisotopic (exact) mass is 436 g/mol. The van der Waals surface area contributed by atoms with Crippen molar-refractivity contribution in [3.05, 3.63) is 64.7 Å². The van der Waals surface area contributed by atoms with Gasteiger partial charge in [0.05, 0.1) is 6.61 Å². The normalized spacial score (nSPS) is 15.9. The molecule has 0 aliphatic carbocycles. The fraction of sp³-hybridized carbons (Fsp3) is 0.304. The summed E-state index contributed by atoms with van der Waals surface area (Å²) in [6, 6.07) is 15.0. The van der Waals surface area contributed by atoms with E-state index < -0.39 is 0 Å². The highest BCUT2D eigenvalue weighted by Gasteiger charge is 2.34. The third kappa shape index (κ3) is 4.74. The van der Waals surface area contributed by atoms with Gasteiger partial charge >= 0.3 is 0 Å². The van der Waals surface area contributed by atoms with Gasteiger partial charge in [0.1, 0.15) is 10.8 Å². The number of carbonyl (C=O) groups excluding carboxylic acids is 2. The molecule has 0 spiro atoms. The SMILES string of the molecule is CCOc1ccc(C(=O)Nc2nnc(C3CC(=O)N(c4ccc(CC)cc4)C3)s2)cc1. The zero-order valence-corrected chi connectivity index (χ0v) is 18.3. The Labute approximate surface area is 185 Å². The highest BCUT2D eigenvalue weighted by molar-refractivity contribution is 7.15. The Hall–Kier alpha value is -3.26. The van der Waals surface area contributed by atoms with Crippen molar-refractivity contribution < 1.29 is 14.3 Å². The van der Waals surface area contributed by atoms with Crippen LogP contribution in [0.3, 0.4) is 0 Å². The molecule has 31 heavy (non-hydrogen) atoms. The van der Waals surface area contributed by atoms with Gasteiger partial charge in [0, 0.05) is 30.1 Å². The van der Waals surface area contributed by atoms with Gasteiger partial charge in [-0.05, 0) is 55.3 Å². The lowest BCUT2D eigenvalue weighted by molar-refractivity contribution is -0.117. The van der Waals surface area contributed by atoms with Gasteiger partial charge in [-0.1, -0.05) is 30.4 Å². The molecule has 1 fully saturated rings. The maximum absolute atomic E-state index is 12.6. The largest absolute Gasteiger partial charge is 0.494 e. The van der Waals surface area contributed by atoms with Crippen molar-refractivity contribution in [3.63, 3.8) is 0 Å². The van der Waals surface area contributed by atoms with Crippen molar-refractivity contribution in [2.45, 2.75) is 32.6 Å². The predicted octanol–water partition coefficient (Wildman–Crippen LogP) is 4.27. The van der Waals surface area contributed by atoms with Gasteiger partial charge in [-0.3, -0.25) is 14.9 Å². The lowest BCUT2D eigenvalue weighted by atomic mass is 10.1. The van der Waals surface area contributed by atoms with E-state index in [-0.39, 0.29) is 17.7 Å². The molecule has 8 heteroatoms. The van der Waals surface area contributed by atoms with Crippen LogP contribution in [0.25, 0.3) is 0 Å². The van der Waals surface area contributed by atoms with Crippen molar-refractivity contribution in [2.75, 3.05) is 23.4 Å². The molecule has 1 atom stereocenters. The molecular formula is C23H24N4O3S. The number of hydrogen-bond donors (Lipinski definition) is 1. The molecule has 2 heterocycles. The first-order valence-corrected chi connectivity index (χ1v) is 11.2. The van der Waals surface area contributed by atoms with Crippen LogP contribution in [0.4, 0.5) is 10.8 Å². The van der Waals surface area contributed by atoms with Crippen LogP contribution in [0.1, 0.15) is 47.1 Å². The minimum Gasteiger partial charge on any atom is -0.494 e. The van der Waals surface area contributed by atoms with Crippen molar-refractivity contribution >= 4 is 34.0 Å².